The number of carbonyl (C=O) groups excluding carboxylic acids is 1. The standard InChI is InChI=1S/C24H19N3O2S/c1-16(29-20-12-8-18(15-25)9-13-20)24(28)26-19-10-6-17(7-11-19)14-23-27-21-4-2-3-5-22(21)30-23/h2-13,16H,14H2,1H3,(H,26,28). The highest BCUT2D eigenvalue weighted by molar-refractivity contribution is 7.18. The van der Waals surface area contributed by atoms with Gasteiger partial charge in [-0.05, 0) is 61.0 Å². The van der Waals surface area contributed by atoms with Gasteiger partial charge in [0.05, 0.1) is 26.9 Å². The van der Waals surface area contributed by atoms with Crippen LogP contribution in [0.1, 0.15) is 23.1 Å². The predicted molar refractivity (Wildman–Crippen MR) is 119 cm³/mol. The number of amides is 1. The number of aromatic nitrogens is 1. The number of nitrogens with one attached hydrogen (secondary N) is 1. The minimum Gasteiger partial charge on any atom is -0.481 e. The van der Waals surface area contributed by atoms with E-state index >= 15 is 0 Å². The molecule has 1 atom stereocenters. The molecular weight excluding hydrogens is 394 g/mol. The fourth-order valence-electron chi connectivity index (χ4n) is 2.99. The molecule has 1 aromatic heterocycles. The van der Waals surface area contributed by atoms with Gasteiger partial charge in [-0.2, -0.15) is 5.26 Å². The summed E-state index contributed by atoms with van der Waals surface area (Å²) in [5, 5.41) is 12.8. The van der Waals surface area contributed by atoms with Crippen LogP contribution in [0.3, 0.4) is 0 Å². The Kier molecular flexibility index (Phi) is 5.73. The zero-order valence-corrected chi connectivity index (χ0v) is 17.1. The lowest BCUT2D eigenvalue weighted by Gasteiger charge is -2.15. The van der Waals surface area contributed by atoms with E-state index in [2.05, 4.69) is 22.4 Å². The fraction of sp³-hybridized carbons (Fsp3) is 0.125. The monoisotopic (exact) mass is 413 g/mol. The number of anilines is 1. The molecule has 0 spiro atoms. The second kappa shape index (κ2) is 8.76. The highest BCUT2D eigenvalue weighted by atomic mass is 32.1. The van der Waals surface area contributed by atoms with Crippen LogP contribution >= 0.6 is 11.3 Å². The fourth-order valence-corrected chi connectivity index (χ4v) is 3.99. The number of rotatable bonds is 6. The minimum atomic E-state index is -0.666. The Hall–Kier alpha value is -3.69. The zero-order chi connectivity index (χ0) is 20.9. The van der Waals surface area contributed by atoms with Gasteiger partial charge >= 0.3 is 0 Å². The molecular formula is C24H19N3O2S. The number of benzene rings is 3. The molecule has 1 amide bonds. The Bertz CT molecular complexity index is 1170. The first-order chi connectivity index (χ1) is 14.6. The SMILES string of the molecule is CC(Oc1ccc(C#N)cc1)C(=O)Nc1ccc(Cc2nc3ccccc3s2)cc1. The van der Waals surface area contributed by atoms with Crippen molar-refractivity contribution in [3.63, 3.8) is 0 Å². The zero-order valence-electron chi connectivity index (χ0n) is 16.3. The van der Waals surface area contributed by atoms with Crippen LogP contribution in [-0.2, 0) is 11.2 Å². The molecule has 1 N–H and O–H groups in total. The molecule has 0 aliphatic rings. The number of ether oxygens (including phenoxy) is 1. The van der Waals surface area contributed by atoms with Crippen LogP contribution in [0.5, 0.6) is 5.75 Å². The molecule has 148 valence electrons. The Morgan fingerprint density at radius 1 is 1.10 bits per heavy atom. The maximum atomic E-state index is 12.4. The van der Waals surface area contributed by atoms with E-state index in [0.717, 1.165) is 22.5 Å². The smallest absolute Gasteiger partial charge is 0.265 e. The molecule has 1 heterocycles. The normalized spacial score (nSPS) is 11.6. The summed E-state index contributed by atoms with van der Waals surface area (Å²) >= 11 is 1.70. The van der Waals surface area contributed by atoms with Crippen molar-refractivity contribution < 1.29 is 9.53 Å². The number of nitrogens with zero attached hydrogens (tertiary/aromatic N) is 2. The summed E-state index contributed by atoms with van der Waals surface area (Å²) in [6, 6.07) is 24.6. The Balaban J connectivity index is 1.35. The molecule has 0 fully saturated rings. The number of hydrogen-bond acceptors (Lipinski definition) is 5. The maximum Gasteiger partial charge on any atom is 0.265 e. The molecule has 30 heavy (non-hydrogen) atoms. The van der Waals surface area contributed by atoms with Crippen LogP contribution in [0.4, 0.5) is 5.69 Å². The molecule has 3 aromatic carbocycles. The van der Waals surface area contributed by atoms with Crippen molar-refractivity contribution in [3.05, 3.63) is 88.9 Å². The Labute approximate surface area is 178 Å². The largest absolute Gasteiger partial charge is 0.481 e. The average Bonchev–Trinajstić information content (AvgIpc) is 3.18. The number of fused-ring (bicyclic) bond motifs is 1. The molecule has 1 unspecified atom stereocenters. The Morgan fingerprint density at radius 3 is 2.53 bits per heavy atom. The van der Waals surface area contributed by atoms with Gasteiger partial charge in [0.15, 0.2) is 6.10 Å². The number of carbonyl (C=O) groups is 1. The van der Waals surface area contributed by atoms with Crippen LogP contribution in [0, 0.1) is 11.3 Å². The van der Waals surface area contributed by atoms with E-state index in [-0.39, 0.29) is 5.91 Å². The van der Waals surface area contributed by atoms with Crippen LogP contribution in [0.2, 0.25) is 0 Å². The summed E-state index contributed by atoms with van der Waals surface area (Å²) in [6.45, 7) is 1.69. The van der Waals surface area contributed by atoms with Crippen molar-refractivity contribution in [2.24, 2.45) is 0 Å². The van der Waals surface area contributed by atoms with Crippen molar-refractivity contribution >= 4 is 33.1 Å². The summed E-state index contributed by atoms with van der Waals surface area (Å²) < 4.78 is 6.84. The summed E-state index contributed by atoms with van der Waals surface area (Å²) in [5.41, 5.74) is 3.42. The van der Waals surface area contributed by atoms with E-state index in [0.29, 0.717) is 17.0 Å². The van der Waals surface area contributed by atoms with Gasteiger partial charge in [-0.15, -0.1) is 11.3 Å². The van der Waals surface area contributed by atoms with Crippen LogP contribution < -0.4 is 10.1 Å². The first-order valence-corrected chi connectivity index (χ1v) is 10.3. The third kappa shape index (κ3) is 4.65. The molecule has 0 saturated carbocycles. The quantitative estimate of drug-likeness (QED) is 0.473. The number of thiazole rings is 1. The predicted octanol–water partition coefficient (Wildman–Crippen LogP) is 5.16. The van der Waals surface area contributed by atoms with E-state index in [9.17, 15) is 4.79 Å². The maximum absolute atomic E-state index is 12.4. The number of para-hydroxylation sites is 1. The minimum absolute atomic E-state index is 0.238. The third-order valence-corrected chi connectivity index (χ3v) is 5.62. The van der Waals surface area contributed by atoms with E-state index in [1.54, 1.807) is 42.5 Å². The van der Waals surface area contributed by atoms with Crippen LogP contribution in [-0.4, -0.2) is 17.0 Å². The summed E-state index contributed by atoms with van der Waals surface area (Å²) in [4.78, 5) is 17.1. The molecule has 4 rings (SSSR count). The number of nitriles is 1. The molecule has 0 aliphatic carbocycles. The Morgan fingerprint density at radius 2 is 1.83 bits per heavy atom. The molecule has 4 aromatic rings. The third-order valence-electron chi connectivity index (χ3n) is 4.58. The van der Waals surface area contributed by atoms with Gasteiger partial charge in [0.25, 0.3) is 5.91 Å². The van der Waals surface area contributed by atoms with Crippen LogP contribution in [0.15, 0.2) is 72.8 Å². The van der Waals surface area contributed by atoms with E-state index in [1.165, 1.54) is 4.70 Å². The molecule has 5 nitrogen and oxygen atoms in total. The topological polar surface area (TPSA) is 75.0 Å². The molecule has 0 aliphatic heterocycles. The summed E-state index contributed by atoms with van der Waals surface area (Å²) in [6.07, 6.45) is 0.0894. The lowest BCUT2D eigenvalue weighted by Crippen LogP contribution is -2.30. The summed E-state index contributed by atoms with van der Waals surface area (Å²) in [7, 11) is 0. The van der Waals surface area contributed by atoms with Gasteiger partial charge in [0, 0.05) is 12.1 Å². The lowest BCUT2D eigenvalue weighted by molar-refractivity contribution is -0.122. The molecule has 0 radical (unpaired) electrons. The van der Waals surface area contributed by atoms with Crippen molar-refractivity contribution in [3.8, 4) is 11.8 Å². The highest BCUT2D eigenvalue weighted by Crippen LogP contribution is 2.24. The molecule has 0 saturated heterocycles. The van der Waals surface area contributed by atoms with Gasteiger partial charge in [-0.25, -0.2) is 4.98 Å². The van der Waals surface area contributed by atoms with Crippen LogP contribution in [0.25, 0.3) is 10.2 Å². The van der Waals surface area contributed by atoms with E-state index in [4.69, 9.17) is 10.00 Å². The first-order valence-electron chi connectivity index (χ1n) is 9.52. The average molecular weight is 414 g/mol. The van der Waals surface area contributed by atoms with Gasteiger partial charge in [-0.1, -0.05) is 24.3 Å². The van der Waals surface area contributed by atoms with Crippen molar-refractivity contribution in [2.75, 3.05) is 5.32 Å². The molecule has 0 bridgehead atoms. The van der Waals surface area contributed by atoms with Gasteiger partial charge < -0.3 is 10.1 Å². The first kappa shape index (κ1) is 19.6. The molecule has 6 heteroatoms. The van der Waals surface area contributed by atoms with Gasteiger partial charge in [0.1, 0.15) is 5.75 Å². The van der Waals surface area contributed by atoms with Crippen molar-refractivity contribution in [1.82, 2.24) is 4.98 Å². The lowest BCUT2D eigenvalue weighted by atomic mass is 10.1. The highest BCUT2D eigenvalue weighted by Gasteiger charge is 2.15. The van der Waals surface area contributed by atoms with E-state index < -0.39 is 6.10 Å². The van der Waals surface area contributed by atoms with Gasteiger partial charge in [0.2, 0.25) is 0 Å². The number of hydrogen-bond donors (Lipinski definition) is 1. The van der Waals surface area contributed by atoms with Crippen molar-refractivity contribution in [2.45, 2.75) is 19.4 Å². The summed E-state index contributed by atoms with van der Waals surface area (Å²) in [5.74, 6) is 0.307. The van der Waals surface area contributed by atoms with Crippen molar-refractivity contribution in [1.29, 1.82) is 5.26 Å². The second-order valence-corrected chi connectivity index (χ2v) is 7.95. The van der Waals surface area contributed by atoms with E-state index in [1.807, 2.05) is 42.5 Å². The second-order valence-electron chi connectivity index (χ2n) is 6.83. The van der Waals surface area contributed by atoms with Gasteiger partial charge in [-0.3, -0.25) is 4.79 Å².